The highest BCUT2D eigenvalue weighted by Gasteiger charge is 2.04. The molecule has 6 nitrogen and oxygen atoms in total. The number of aryl methyl sites for hydroxylation is 2. The van der Waals surface area contributed by atoms with Gasteiger partial charge in [-0.1, -0.05) is 79.9 Å². The van der Waals surface area contributed by atoms with Crippen LogP contribution in [0.25, 0.3) is 0 Å². The molecule has 2 aromatic heterocycles. The summed E-state index contributed by atoms with van der Waals surface area (Å²) in [6.07, 6.45) is 6.65. The van der Waals surface area contributed by atoms with Crippen molar-refractivity contribution in [2.75, 3.05) is 0 Å². The van der Waals surface area contributed by atoms with E-state index in [0.717, 1.165) is 11.5 Å². The SMILES string of the molecule is C.CCn1ccnc(Br)c1=O.CCn1ccnc(SCc2ccccc2)c1=O.SCc1ccccc1. The number of halogens is 1. The quantitative estimate of drug-likeness (QED) is 0.210. The minimum absolute atomic E-state index is 0. The van der Waals surface area contributed by atoms with Crippen LogP contribution in [0.3, 0.4) is 0 Å². The van der Waals surface area contributed by atoms with Gasteiger partial charge in [-0.05, 0) is 40.9 Å². The average molecular weight is 590 g/mol. The lowest BCUT2D eigenvalue weighted by molar-refractivity contribution is 0.692. The summed E-state index contributed by atoms with van der Waals surface area (Å²) in [4.78, 5) is 30.9. The lowest BCUT2D eigenvalue weighted by atomic mass is 10.2. The van der Waals surface area contributed by atoms with Crippen molar-refractivity contribution in [1.29, 1.82) is 0 Å². The number of rotatable bonds is 6. The summed E-state index contributed by atoms with van der Waals surface area (Å²) in [5, 5.41) is 0.568. The topological polar surface area (TPSA) is 69.8 Å². The molecule has 0 aliphatic rings. The first-order chi connectivity index (χ1) is 17.0. The second-order valence-electron chi connectivity index (χ2n) is 7.05. The van der Waals surface area contributed by atoms with Crippen LogP contribution in [0.15, 0.2) is 105 Å². The van der Waals surface area contributed by atoms with E-state index in [9.17, 15) is 9.59 Å². The molecule has 0 amide bonds. The van der Waals surface area contributed by atoms with Gasteiger partial charge in [0.15, 0.2) is 9.63 Å². The summed E-state index contributed by atoms with van der Waals surface area (Å²) in [6.45, 7) is 5.22. The second-order valence-corrected chi connectivity index (χ2v) is 9.08. The summed E-state index contributed by atoms with van der Waals surface area (Å²) in [5.41, 5.74) is 2.39. The van der Waals surface area contributed by atoms with Crippen LogP contribution in [0.1, 0.15) is 32.4 Å². The highest BCUT2D eigenvalue weighted by molar-refractivity contribution is 9.10. The molecule has 0 N–H and O–H groups in total. The molecule has 4 aromatic rings. The van der Waals surface area contributed by atoms with Gasteiger partial charge in [0.05, 0.1) is 0 Å². The number of thiol groups is 1. The van der Waals surface area contributed by atoms with Crippen molar-refractivity contribution in [3.8, 4) is 0 Å². The third-order valence-corrected chi connectivity index (χ3v) is 6.62. The van der Waals surface area contributed by atoms with E-state index < -0.39 is 0 Å². The van der Waals surface area contributed by atoms with Crippen LogP contribution in [0.2, 0.25) is 0 Å². The van der Waals surface area contributed by atoms with Gasteiger partial charge in [0.2, 0.25) is 0 Å². The molecular formula is C27H33BrN4O2S2. The molecule has 0 fully saturated rings. The Morgan fingerprint density at radius 3 is 1.78 bits per heavy atom. The summed E-state index contributed by atoms with van der Waals surface area (Å²) in [6, 6.07) is 20.3. The van der Waals surface area contributed by atoms with E-state index in [4.69, 9.17) is 0 Å². The number of benzene rings is 2. The van der Waals surface area contributed by atoms with Gasteiger partial charge in [-0.15, -0.1) is 0 Å². The fraction of sp³-hybridized carbons (Fsp3) is 0.259. The first kappa shape index (κ1) is 31.4. The summed E-state index contributed by atoms with van der Waals surface area (Å²) in [5.74, 6) is 1.61. The summed E-state index contributed by atoms with van der Waals surface area (Å²) in [7, 11) is 0. The van der Waals surface area contributed by atoms with Gasteiger partial charge in [-0.3, -0.25) is 9.59 Å². The minimum atomic E-state index is -0.0787. The van der Waals surface area contributed by atoms with Crippen LogP contribution >= 0.6 is 40.3 Å². The second kappa shape index (κ2) is 17.8. The predicted octanol–water partition coefficient (Wildman–Crippen LogP) is 6.33. The minimum Gasteiger partial charge on any atom is -0.312 e. The number of hydrogen-bond donors (Lipinski definition) is 1. The molecule has 0 spiro atoms. The molecule has 0 saturated carbocycles. The van der Waals surface area contributed by atoms with Gasteiger partial charge < -0.3 is 9.13 Å². The van der Waals surface area contributed by atoms with E-state index >= 15 is 0 Å². The lowest BCUT2D eigenvalue weighted by Crippen LogP contribution is -2.20. The number of hydrogen-bond acceptors (Lipinski definition) is 6. The molecular weight excluding hydrogens is 556 g/mol. The zero-order chi connectivity index (χ0) is 25.5. The summed E-state index contributed by atoms with van der Waals surface area (Å²) < 4.78 is 3.62. The maximum absolute atomic E-state index is 11.9. The fourth-order valence-corrected chi connectivity index (χ4v) is 4.18. The van der Waals surface area contributed by atoms with Crippen molar-refractivity contribution < 1.29 is 0 Å². The van der Waals surface area contributed by atoms with Crippen molar-refractivity contribution in [2.24, 2.45) is 0 Å². The van der Waals surface area contributed by atoms with Gasteiger partial charge in [-0.25, -0.2) is 9.97 Å². The Bertz CT molecular complexity index is 1270. The number of aromatic nitrogens is 4. The third-order valence-electron chi connectivity index (χ3n) is 4.68. The van der Waals surface area contributed by atoms with E-state index in [1.165, 1.54) is 22.9 Å². The monoisotopic (exact) mass is 588 g/mol. The van der Waals surface area contributed by atoms with Gasteiger partial charge in [0, 0.05) is 49.4 Å². The third kappa shape index (κ3) is 10.6. The number of thioether (sulfide) groups is 1. The molecule has 4 rings (SSSR count). The van der Waals surface area contributed by atoms with E-state index in [1.54, 1.807) is 33.9 Å². The van der Waals surface area contributed by atoms with Crippen molar-refractivity contribution in [2.45, 2.75) is 50.9 Å². The summed E-state index contributed by atoms with van der Waals surface area (Å²) >= 11 is 8.64. The smallest absolute Gasteiger partial charge is 0.283 e. The highest BCUT2D eigenvalue weighted by atomic mass is 79.9. The molecule has 0 radical (unpaired) electrons. The molecule has 36 heavy (non-hydrogen) atoms. The molecule has 0 aliphatic heterocycles. The Labute approximate surface area is 231 Å². The molecule has 0 aliphatic carbocycles. The molecule has 2 heterocycles. The van der Waals surface area contributed by atoms with E-state index in [-0.39, 0.29) is 18.5 Å². The fourth-order valence-electron chi connectivity index (χ4n) is 2.75. The maximum atomic E-state index is 11.9. The normalized spacial score (nSPS) is 9.67. The zero-order valence-corrected chi connectivity index (χ0v) is 23.0. The number of nitrogens with zero attached hydrogens (tertiary/aromatic N) is 4. The Balaban J connectivity index is 0.000000291. The van der Waals surface area contributed by atoms with Gasteiger partial charge >= 0.3 is 0 Å². The van der Waals surface area contributed by atoms with E-state index in [2.05, 4.69) is 50.7 Å². The average Bonchev–Trinajstić information content (AvgIpc) is 2.91. The van der Waals surface area contributed by atoms with Crippen LogP contribution in [0.4, 0.5) is 0 Å². The highest BCUT2D eigenvalue weighted by Crippen LogP contribution is 2.17. The predicted molar refractivity (Wildman–Crippen MR) is 158 cm³/mol. The molecule has 0 unspecified atom stereocenters. The Morgan fingerprint density at radius 1 is 0.806 bits per heavy atom. The molecule has 9 heteroatoms. The molecule has 0 bridgehead atoms. The molecule has 192 valence electrons. The molecule has 2 aromatic carbocycles. The van der Waals surface area contributed by atoms with Crippen molar-refractivity contribution in [3.63, 3.8) is 0 Å². The zero-order valence-electron chi connectivity index (χ0n) is 19.8. The first-order valence-corrected chi connectivity index (χ1v) is 13.5. The van der Waals surface area contributed by atoms with Gasteiger partial charge in [0.1, 0.15) is 0 Å². The Kier molecular flexibility index (Phi) is 15.5. The standard InChI is InChI=1S/C13H14N2OS.C7H8S.C6H7BrN2O.CH4/c1-2-15-9-8-14-12(13(15)16)17-10-11-6-4-3-5-7-11;8-6-7-4-2-1-3-5-7;1-2-9-4-3-8-5(7)6(9)10;/h3-9H,2,10H2,1H3;1-5,8H,6H2;3-4H,2H2,1H3;1H4. The van der Waals surface area contributed by atoms with Crippen molar-refractivity contribution in [1.82, 2.24) is 19.1 Å². The van der Waals surface area contributed by atoms with Crippen molar-refractivity contribution >= 4 is 40.3 Å². The Morgan fingerprint density at radius 2 is 1.31 bits per heavy atom. The van der Waals surface area contributed by atoms with Gasteiger partial charge in [-0.2, -0.15) is 12.6 Å². The van der Waals surface area contributed by atoms with Crippen LogP contribution in [-0.4, -0.2) is 19.1 Å². The Hall–Kier alpha value is -2.62. The van der Waals surface area contributed by atoms with Gasteiger partial charge in [0.25, 0.3) is 11.1 Å². The first-order valence-electron chi connectivity index (χ1n) is 11.1. The van der Waals surface area contributed by atoms with Crippen LogP contribution in [0, 0.1) is 0 Å². The molecule has 0 saturated heterocycles. The van der Waals surface area contributed by atoms with Crippen LogP contribution < -0.4 is 11.1 Å². The van der Waals surface area contributed by atoms with E-state index in [1.807, 2.05) is 62.4 Å². The van der Waals surface area contributed by atoms with Crippen molar-refractivity contribution in [3.05, 3.63) is 122 Å². The van der Waals surface area contributed by atoms with Crippen LogP contribution in [-0.2, 0) is 24.6 Å². The maximum Gasteiger partial charge on any atom is 0.283 e. The van der Waals surface area contributed by atoms with Crippen LogP contribution in [0.5, 0.6) is 0 Å². The lowest BCUT2D eigenvalue weighted by Gasteiger charge is -2.04. The molecule has 0 atom stereocenters. The largest absolute Gasteiger partial charge is 0.312 e. The van der Waals surface area contributed by atoms with E-state index in [0.29, 0.717) is 22.7 Å².